The Labute approximate surface area is 414 Å². The lowest BCUT2D eigenvalue weighted by molar-refractivity contribution is -0.167. The molecule has 0 aromatic carbocycles. The molecule has 0 radical (unpaired) electrons. The number of allylic oxidation sites excluding steroid dienone is 14. The van der Waals surface area contributed by atoms with Gasteiger partial charge in [0.15, 0.2) is 6.10 Å². The number of esters is 3. The quantitative estimate of drug-likeness (QED) is 0.0262. The van der Waals surface area contributed by atoms with Gasteiger partial charge in [0, 0.05) is 19.3 Å². The molecule has 0 aliphatic heterocycles. The summed E-state index contributed by atoms with van der Waals surface area (Å²) in [5.74, 6) is -0.902. The van der Waals surface area contributed by atoms with Crippen LogP contribution in [0.2, 0.25) is 0 Å². The highest BCUT2D eigenvalue weighted by Crippen LogP contribution is 2.15. The number of unbranched alkanes of at least 4 members (excludes halogenated alkanes) is 25. The summed E-state index contributed by atoms with van der Waals surface area (Å²) in [5, 5.41) is 0. The molecule has 6 heteroatoms. The van der Waals surface area contributed by atoms with Crippen molar-refractivity contribution in [2.24, 2.45) is 0 Å². The van der Waals surface area contributed by atoms with Gasteiger partial charge in [-0.05, 0) is 96.3 Å². The molecule has 384 valence electrons. The Morgan fingerprint density at radius 1 is 0.313 bits per heavy atom. The molecule has 0 aromatic heterocycles. The third-order valence-corrected chi connectivity index (χ3v) is 11.9. The number of carbonyl (C=O) groups excluding carboxylic acids is 3. The van der Waals surface area contributed by atoms with Gasteiger partial charge in [-0.1, -0.05) is 234 Å². The van der Waals surface area contributed by atoms with Crippen LogP contribution in [-0.2, 0) is 28.6 Å². The number of carbonyl (C=O) groups is 3. The Bertz CT molecular complexity index is 1300. The third kappa shape index (κ3) is 53.4. The zero-order valence-corrected chi connectivity index (χ0v) is 43.9. The predicted molar refractivity (Wildman–Crippen MR) is 288 cm³/mol. The van der Waals surface area contributed by atoms with Crippen LogP contribution in [0.1, 0.15) is 265 Å². The van der Waals surface area contributed by atoms with Crippen LogP contribution in [0.3, 0.4) is 0 Å². The highest BCUT2D eigenvalue weighted by atomic mass is 16.6. The monoisotopic (exact) mass is 933 g/mol. The first kappa shape index (κ1) is 63.6. The molecule has 0 amide bonds. The number of hydrogen-bond donors (Lipinski definition) is 0. The summed E-state index contributed by atoms with van der Waals surface area (Å²) in [4.78, 5) is 37.9. The van der Waals surface area contributed by atoms with Crippen LogP contribution < -0.4 is 0 Å². The van der Waals surface area contributed by atoms with E-state index in [0.717, 1.165) is 109 Å². The first-order valence-corrected chi connectivity index (χ1v) is 28.1. The van der Waals surface area contributed by atoms with Gasteiger partial charge in [0.2, 0.25) is 0 Å². The van der Waals surface area contributed by atoms with Crippen molar-refractivity contribution >= 4 is 17.9 Å². The van der Waals surface area contributed by atoms with Gasteiger partial charge in [-0.25, -0.2) is 0 Å². The van der Waals surface area contributed by atoms with Crippen LogP contribution in [0.5, 0.6) is 0 Å². The average molecular weight is 933 g/mol. The summed E-state index contributed by atoms with van der Waals surface area (Å²) in [6.07, 6.45) is 71.7. The molecule has 0 aliphatic carbocycles. The van der Waals surface area contributed by atoms with Crippen molar-refractivity contribution in [3.8, 4) is 0 Å². The van der Waals surface area contributed by atoms with Crippen molar-refractivity contribution < 1.29 is 28.6 Å². The van der Waals surface area contributed by atoms with Gasteiger partial charge in [-0.15, -0.1) is 0 Å². The van der Waals surface area contributed by atoms with Crippen molar-refractivity contribution in [2.45, 2.75) is 271 Å². The Balaban J connectivity index is 4.18. The van der Waals surface area contributed by atoms with Gasteiger partial charge in [0.1, 0.15) is 13.2 Å². The largest absolute Gasteiger partial charge is 0.462 e. The molecule has 0 aromatic rings. The molecule has 0 N–H and O–H groups in total. The molecule has 0 heterocycles. The van der Waals surface area contributed by atoms with Gasteiger partial charge in [-0.3, -0.25) is 14.4 Å². The maximum Gasteiger partial charge on any atom is 0.306 e. The van der Waals surface area contributed by atoms with Crippen LogP contribution in [0, 0.1) is 0 Å². The first-order valence-electron chi connectivity index (χ1n) is 28.1. The van der Waals surface area contributed by atoms with E-state index in [0.29, 0.717) is 19.3 Å². The Morgan fingerprint density at radius 2 is 0.582 bits per heavy atom. The van der Waals surface area contributed by atoms with E-state index in [-0.39, 0.29) is 31.1 Å². The fraction of sp³-hybridized carbons (Fsp3) is 0.721. The van der Waals surface area contributed by atoms with Gasteiger partial charge < -0.3 is 14.2 Å². The number of rotatable bonds is 50. The maximum absolute atomic E-state index is 12.8. The minimum absolute atomic E-state index is 0.0813. The molecule has 67 heavy (non-hydrogen) atoms. The van der Waals surface area contributed by atoms with E-state index >= 15 is 0 Å². The van der Waals surface area contributed by atoms with E-state index in [1.807, 2.05) is 0 Å². The highest BCUT2D eigenvalue weighted by Gasteiger charge is 2.19. The second-order valence-corrected chi connectivity index (χ2v) is 18.5. The third-order valence-electron chi connectivity index (χ3n) is 11.9. The Kier molecular flexibility index (Phi) is 52.4. The van der Waals surface area contributed by atoms with Gasteiger partial charge in [-0.2, -0.15) is 0 Å². The minimum atomic E-state index is -0.780. The van der Waals surface area contributed by atoms with E-state index < -0.39 is 6.10 Å². The molecule has 6 nitrogen and oxygen atoms in total. The fourth-order valence-electron chi connectivity index (χ4n) is 7.68. The van der Waals surface area contributed by atoms with Crippen LogP contribution >= 0.6 is 0 Å². The second-order valence-electron chi connectivity index (χ2n) is 18.5. The summed E-state index contributed by atoms with van der Waals surface area (Å²) in [6, 6.07) is 0. The van der Waals surface area contributed by atoms with Crippen LogP contribution in [0.15, 0.2) is 85.1 Å². The van der Waals surface area contributed by atoms with Crippen LogP contribution in [0.25, 0.3) is 0 Å². The molecular weight excluding hydrogens is 829 g/mol. The molecule has 0 rings (SSSR count). The van der Waals surface area contributed by atoms with Gasteiger partial charge in [0.05, 0.1) is 0 Å². The molecular formula is C61H104O6. The van der Waals surface area contributed by atoms with Crippen molar-refractivity contribution in [3.63, 3.8) is 0 Å². The van der Waals surface area contributed by atoms with E-state index in [9.17, 15) is 14.4 Å². The number of hydrogen-bond acceptors (Lipinski definition) is 6. The zero-order valence-electron chi connectivity index (χ0n) is 43.9. The average Bonchev–Trinajstić information content (AvgIpc) is 3.33. The standard InChI is InChI=1S/C61H104O6/c1-4-7-10-13-16-18-20-22-24-26-28-29-30-31-32-33-34-36-37-39-41-43-45-48-51-54-60(63)66-57-58(56-65-59(62)53-50-47-15-12-9-6-3)67-61(64)55-52-49-46-44-42-40-38-35-27-25-23-21-19-17-14-11-8-5-2/h7,10,16,18-19,21-22,24-25,27-29,31-32,58H,4-6,8-9,11-15,17,20,23,26,30,33-57H2,1-3H3/b10-7-,18-16-,21-19-,24-22-,27-25-,29-28-,32-31-. The topological polar surface area (TPSA) is 78.9 Å². The molecule has 1 atom stereocenters. The first-order chi connectivity index (χ1) is 33.0. The summed E-state index contributed by atoms with van der Waals surface area (Å²) in [7, 11) is 0. The lowest BCUT2D eigenvalue weighted by atomic mass is 10.1. The summed E-state index contributed by atoms with van der Waals surface area (Å²) in [6.45, 7) is 6.44. The molecule has 0 bridgehead atoms. The smallest absolute Gasteiger partial charge is 0.306 e. The molecule has 0 saturated heterocycles. The second kappa shape index (κ2) is 55.2. The van der Waals surface area contributed by atoms with Gasteiger partial charge in [0.25, 0.3) is 0 Å². The SMILES string of the molecule is CC/C=C\C/C=C\C/C=C\C/C=C\C/C=C\CCCCCCCCCCCC(=O)OCC(COC(=O)CCCCCCCC)OC(=O)CCCCCCCCC/C=C\C/C=C\CCCCCC. The van der Waals surface area contributed by atoms with Gasteiger partial charge >= 0.3 is 17.9 Å². The van der Waals surface area contributed by atoms with Crippen LogP contribution in [-0.4, -0.2) is 37.2 Å². The van der Waals surface area contributed by atoms with Crippen molar-refractivity contribution in [3.05, 3.63) is 85.1 Å². The summed E-state index contributed by atoms with van der Waals surface area (Å²) >= 11 is 0. The molecule has 0 spiro atoms. The molecule has 0 saturated carbocycles. The van der Waals surface area contributed by atoms with Crippen molar-refractivity contribution in [1.82, 2.24) is 0 Å². The highest BCUT2D eigenvalue weighted by molar-refractivity contribution is 5.71. The summed E-state index contributed by atoms with van der Waals surface area (Å²) < 4.78 is 16.7. The van der Waals surface area contributed by atoms with Crippen molar-refractivity contribution in [1.29, 1.82) is 0 Å². The fourth-order valence-corrected chi connectivity index (χ4v) is 7.68. The maximum atomic E-state index is 12.8. The zero-order chi connectivity index (χ0) is 48.6. The van der Waals surface area contributed by atoms with E-state index in [4.69, 9.17) is 14.2 Å². The van der Waals surface area contributed by atoms with E-state index in [2.05, 4.69) is 106 Å². The molecule has 1 unspecified atom stereocenters. The summed E-state index contributed by atoms with van der Waals surface area (Å²) in [5.41, 5.74) is 0. The molecule has 0 aliphatic rings. The van der Waals surface area contributed by atoms with Crippen LogP contribution in [0.4, 0.5) is 0 Å². The van der Waals surface area contributed by atoms with E-state index in [1.165, 1.54) is 116 Å². The Hall–Kier alpha value is -3.41. The predicted octanol–water partition coefficient (Wildman–Crippen LogP) is 18.8. The lowest BCUT2D eigenvalue weighted by Gasteiger charge is -2.18. The Morgan fingerprint density at radius 3 is 0.925 bits per heavy atom. The molecule has 0 fully saturated rings. The lowest BCUT2D eigenvalue weighted by Crippen LogP contribution is -2.30. The van der Waals surface area contributed by atoms with Crippen molar-refractivity contribution in [2.75, 3.05) is 13.2 Å². The van der Waals surface area contributed by atoms with E-state index in [1.54, 1.807) is 0 Å². The normalized spacial score (nSPS) is 12.7. The number of ether oxygens (including phenoxy) is 3. The minimum Gasteiger partial charge on any atom is -0.462 e.